The van der Waals surface area contributed by atoms with Gasteiger partial charge in [-0.15, -0.1) is 0 Å². The van der Waals surface area contributed by atoms with Gasteiger partial charge in [-0.05, 0) is 37.5 Å². The molecule has 0 aromatic heterocycles. The fourth-order valence-electron chi connectivity index (χ4n) is 1.77. The van der Waals surface area contributed by atoms with E-state index in [9.17, 15) is 24.6 Å². The van der Waals surface area contributed by atoms with Crippen LogP contribution in [0.2, 0.25) is 0 Å². The summed E-state index contributed by atoms with van der Waals surface area (Å²) < 4.78 is 76.7. The minimum absolute atomic E-state index is 0.0512. The quantitative estimate of drug-likeness (QED) is 0.446. The third kappa shape index (κ3) is 2.73. The van der Waals surface area contributed by atoms with Crippen LogP contribution < -0.4 is 10.4 Å². The molecule has 0 heterocycles. The average molecular weight is 288 g/mol. The van der Waals surface area contributed by atoms with Crippen LogP contribution >= 0.6 is 0 Å². The van der Waals surface area contributed by atoms with Gasteiger partial charge < -0.3 is 0 Å². The van der Waals surface area contributed by atoms with Crippen LogP contribution in [0.4, 0.5) is 24.6 Å². The fourth-order valence-corrected chi connectivity index (χ4v) is 4.00. The van der Waals surface area contributed by atoms with Crippen LogP contribution in [0.15, 0.2) is 6.07 Å². The summed E-state index contributed by atoms with van der Waals surface area (Å²) in [6, 6.07) is 0.834. The average Bonchev–Trinajstić information content (AvgIpc) is 2.07. The normalized spacial score (nSPS) is 13.0. The first kappa shape index (κ1) is 14.3. The molecule has 0 saturated carbocycles. The highest BCUT2D eigenvalue weighted by Gasteiger charge is 2.48. The highest BCUT2D eigenvalue weighted by atomic mass is 28.5. The zero-order valence-electron chi connectivity index (χ0n) is 9.35. The molecular weight excluding hydrogens is 278 g/mol. The zero-order chi connectivity index (χ0) is 13.6. The van der Waals surface area contributed by atoms with Crippen LogP contribution in [0.5, 0.6) is 0 Å². The van der Waals surface area contributed by atoms with Crippen molar-refractivity contribution in [2.45, 2.75) is 20.8 Å². The largest absolute Gasteiger partial charge is 0.653 e. The Balaban J connectivity index is 3.67. The van der Waals surface area contributed by atoms with Crippen LogP contribution in [0.25, 0.3) is 0 Å². The van der Waals surface area contributed by atoms with Gasteiger partial charge in [0.2, 0.25) is 0 Å². The Hall–Kier alpha value is -0.766. The maximum absolute atomic E-state index is 12.8. The van der Waals surface area contributed by atoms with Gasteiger partial charge in [0.1, 0.15) is 0 Å². The molecule has 0 fully saturated rings. The van der Waals surface area contributed by atoms with Crippen LogP contribution in [-0.2, 0) is 0 Å². The molecule has 96 valence electrons. The molecule has 0 spiro atoms. The van der Waals surface area contributed by atoms with E-state index < -0.39 is 34.1 Å². The van der Waals surface area contributed by atoms with Gasteiger partial charge in [-0.1, -0.05) is 6.07 Å². The number of rotatable bonds is 2. The first-order chi connectivity index (χ1) is 7.46. The topological polar surface area (TPSA) is 0 Å². The second-order valence-corrected chi connectivity index (χ2v) is 6.89. The van der Waals surface area contributed by atoms with Gasteiger partial charge in [-0.3, -0.25) is 0 Å². The molecule has 0 saturated heterocycles. The van der Waals surface area contributed by atoms with Crippen LogP contribution in [0.1, 0.15) is 16.7 Å². The lowest BCUT2D eigenvalue weighted by molar-refractivity contribution is 0.498. The summed E-state index contributed by atoms with van der Waals surface area (Å²) in [6.45, 7) is 3.42. The fraction of sp³-hybridized carbons (Fsp3) is 0.333. The number of hydrogen-bond acceptors (Lipinski definition) is 0. The van der Waals surface area contributed by atoms with E-state index >= 15 is 0 Å². The Morgan fingerprint density at radius 1 is 0.765 bits per heavy atom. The van der Waals surface area contributed by atoms with Crippen molar-refractivity contribution in [3.8, 4) is 0 Å². The van der Waals surface area contributed by atoms with E-state index in [2.05, 4.69) is 0 Å². The Bertz CT molecular complexity index is 446. The van der Waals surface area contributed by atoms with E-state index in [4.69, 9.17) is 0 Å². The van der Waals surface area contributed by atoms with Crippen LogP contribution in [-0.4, -0.2) is 18.2 Å². The maximum atomic E-state index is 12.8. The first-order valence-electron chi connectivity index (χ1n) is 4.71. The summed E-state index contributed by atoms with van der Waals surface area (Å²) in [6.07, 6.45) is 0. The van der Waals surface area contributed by atoms with E-state index in [1.165, 1.54) is 13.8 Å². The molecule has 0 aliphatic rings. The first-order valence-corrected chi connectivity index (χ1v) is 7.98. The zero-order valence-corrected chi connectivity index (χ0v) is 11.3. The third-order valence-corrected chi connectivity index (χ3v) is 5.14. The summed E-state index contributed by atoms with van der Waals surface area (Å²) in [4.78, 5) is 0. The molecule has 8 heteroatoms. The lowest BCUT2D eigenvalue weighted by Crippen LogP contribution is -2.47. The Morgan fingerprint density at radius 2 is 1.24 bits per heavy atom. The smallest absolute Gasteiger partial charge is 0.234 e. The Kier molecular flexibility index (Phi) is 3.50. The summed E-state index contributed by atoms with van der Waals surface area (Å²) in [5.74, 6) is 0. The second-order valence-electron chi connectivity index (χ2n) is 3.86. The molecule has 0 aliphatic carbocycles. The van der Waals surface area contributed by atoms with E-state index in [1.54, 1.807) is 0 Å². The maximum Gasteiger partial charge on any atom is 0.653 e. The molecule has 1 rings (SSSR count). The summed E-state index contributed by atoms with van der Waals surface area (Å²) in [7, 11) is -12.5. The molecule has 0 bridgehead atoms. The molecule has 0 radical (unpaired) electrons. The van der Waals surface area contributed by atoms with Crippen molar-refractivity contribution in [2.75, 3.05) is 0 Å². The lowest BCUT2D eigenvalue weighted by atomic mass is 10.1. The predicted octanol–water partition coefficient (Wildman–Crippen LogP) is 2.72. The number of aryl methyl sites for hydroxylation is 1. The minimum atomic E-state index is -6.24. The molecular formula is C9H10F6Si2. The van der Waals surface area contributed by atoms with E-state index in [0.29, 0.717) is 0 Å². The van der Waals surface area contributed by atoms with E-state index in [1.807, 2.05) is 0 Å². The molecule has 1 aromatic carbocycles. The highest BCUT2D eigenvalue weighted by molar-refractivity contribution is 6.78. The number of hydrogen-bond donors (Lipinski definition) is 0. The van der Waals surface area contributed by atoms with Crippen molar-refractivity contribution in [3.63, 3.8) is 0 Å². The van der Waals surface area contributed by atoms with Crippen LogP contribution in [0.3, 0.4) is 0 Å². The molecule has 17 heavy (non-hydrogen) atoms. The van der Waals surface area contributed by atoms with Crippen molar-refractivity contribution in [1.82, 2.24) is 0 Å². The van der Waals surface area contributed by atoms with Crippen molar-refractivity contribution in [3.05, 3.63) is 22.8 Å². The molecule has 1 aromatic rings. The van der Waals surface area contributed by atoms with Gasteiger partial charge in [-0.2, -0.15) is 0 Å². The van der Waals surface area contributed by atoms with Crippen molar-refractivity contribution in [2.24, 2.45) is 0 Å². The van der Waals surface area contributed by atoms with Gasteiger partial charge in [-0.25, -0.2) is 24.6 Å². The molecule has 0 aliphatic heterocycles. The Morgan fingerprint density at radius 3 is 1.59 bits per heavy atom. The lowest BCUT2D eigenvalue weighted by Gasteiger charge is -2.17. The molecule has 0 nitrogen and oxygen atoms in total. The van der Waals surface area contributed by atoms with Gasteiger partial charge in [0, 0.05) is 10.4 Å². The van der Waals surface area contributed by atoms with Crippen molar-refractivity contribution >= 4 is 28.5 Å². The van der Waals surface area contributed by atoms with Crippen molar-refractivity contribution < 1.29 is 24.6 Å². The summed E-state index contributed by atoms with van der Waals surface area (Å²) >= 11 is 0. The number of benzene rings is 1. The summed E-state index contributed by atoms with van der Waals surface area (Å²) in [5, 5.41) is -2.07. The highest BCUT2D eigenvalue weighted by Crippen LogP contribution is 2.20. The molecule has 0 unspecified atom stereocenters. The Labute approximate surface area is 97.3 Å². The van der Waals surface area contributed by atoms with Gasteiger partial charge >= 0.3 is 18.2 Å². The SMILES string of the molecule is Cc1cc([Si](F)(F)F)c(C)c([Si](F)(F)F)c1C. The molecule has 0 amide bonds. The minimum Gasteiger partial charge on any atom is -0.234 e. The summed E-state index contributed by atoms with van der Waals surface area (Å²) in [5.41, 5.74) is -0.676. The van der Waals surface area contributed by atoms with Gasteiger partial charge in [0.25, 0.3) is 0 Å². The monoisotopic (exact) mass is 288 g/mol. The predicted molar refractivity (Wildman–Crippen MR) is 58.1 cm³/mol. The van der Waals surface area contributed by atoms with Crippen molar-refractivity contribution in [1.29, 1.82) is 0 Å². The number of halogens is 6. The second kappa shape index (κ2) is 4.16. The van der Waals surface area contributed by atoms with Gasteiger partial charge in [0.15, 0.2) is 0 Å². The molecule has 0 atom stereocenters. The van der Waals surface area contributed by atoms with E-state index in [-0.39, 0.29) is 11.1 Å². The van der Waals surface area contributed by atoms with E-state index in [0.717, 1.165) is 13.0 Å². The molecule has 0 N–H and O–H groups in total. The third-order valence-electron chi connectivity index (χ3n) is 2.70. The standard InChI is InChI=1S/C9H10F6Si2/c1-5-4-8(16(10,11)12)7(3)9(6(5)2)17(13,14)15/h4H,1-3H3. The van der Waals surface area contributed by atoms with Crippen LogP contribution in [0, 0.1) is 20.8 Å². The van der Waals surface area contributed by atoms with Gasteiger partial charge in [0.05, 0.1) is 0 Å².